The third kappa shape index (κ3) is 5.00. The van der Waals surface area contributed by atoms with Crippen LogP contribution in [-0.2, 0) is 0 Å². The first-order valence-electron chi connectivity index (χ1n) is 7.39. The van der Waals surface area contributed by atoms with Crippen LogP contribution in [-0.4, -0.2) is 37.4 Å². The zero-order chi connectivity index (χ0) is 16.7. The molecule has 0 spiro atoms. The van der Waals surface area contributed by atoms with E-state index in [2.05, 4.69) is 5.32 Å². The number of para-hydroxylation sites is 1. The zero-order valence-corrected chi connectivity index (χ0v) is 13.3. The van der Waals surface area contributed by atoms with Crippen molar-refractivity contribution in [3.8, 4) is 11.5 Å². The molecule has 23 heavy (non-hydrogen) atoms. The number of hydrogen-bond acceptors (Lipinski definition) is 4. The number of nitrogens with one attached hydrogen (secondary N) is 1. The van der Waals surface area contributed by atoms with E-state index in [1.165, 1.54) is 0 Å². The predicted molar refractivity (Wildman–Crippen MR) is 88.0 cm³/mol. The summed E-state index contributed by atoms with van der Waals surface area (Å²) in [6, 6.07) is 14.4. The molecule has 0 aliphatic heterocycles. The molecule has 1 unspecified atom stereocenters. The largest absolute Gasteiger partial charge is 0.497 e. The summed E-state index contributed by atoms with van der Waals surface area (Å²) in [7, 11) is 1.57. The SMILES string of the molecule is COc1ccc(C(=O)NCC(O)COc2ccccc2C)cc1. The molecule has 0 bridgehead atoms. The van der Waals surface area contributed by atoms with Crippen LogP contribution >= 0.6 is 0 Å². The van der Waals surface area contributed by atoms with Crippen LogP contribution in [0.3, 0.4) is 0 Å². The van der Waals surface area contributed by atoms with Crippen LogP contribution in [0.4, 0.5) is 0 Å². The number of carbonyl (C=O) groups is 1. The molecular weight excluding hydrogens is 294 g/mol. The minimum absolute atomic E-state index is 0.119. The van der Waals surface area contributed by atoms with Crippen LogP contribution < -0.4 is 14.8 Å². The molecule has 0 aliphatic rings. The summed E-state index contributed by atoms with van der Waals surface area (Å²) in [6.07, 6.45) is -0.781. The number of hydrogen-bond donors (Lipinski definition) is 2. The van der Waals surface area contributed by atoms with Gasteiger partial charge in [0.25, 0.3) is 5.91 Å². The molecular formula is C18H21NO4. The van der Waals surface area contributed by atoms with Crippen LogP contribution in [0.2, 0.25) is 0 Å². The summed E-state index contributed by atoms with van der Waals surface area (Å²) >= 11 is 0. The molecule has 0 aromatic heterocycles. The van der Waals surface area contributed by atoms with E-state index in [0.717, 1.165) is 11.3 Å². The Morgan fingerprint density at radius 2 is 1.87 bits per heavy atom. The molecule has 1 atom stereocenters. The summed E-state index contributed by atoms with van der Waals surface area (Å²) in [6.45, 7) is 2.18. The van der Waals surface area contributed by atoms with Crippen LogP contribution in [0.25, 0.3) is 0 Å². The molecule has 0 heterocycles. The van der Waals surface area contributed by atoms with Crippen molar-refractivity contribution in [1.29, 1.82) is 0 Å². The van der Waals surface area contributed by atoms with Crippen molar-refractivity contribution in [2.75, 3.05) is 20.3 Å². The molecule has 0 fully saturated rings. The van der Waals surface area contributed by atoms with Gasteiger partial charge in [0, 0.05) is 12.1 Å². The van der Waals surface area contributed by atoms with Crippen molar-refractivity contribution in [3.63, 3.8) is 0 Å². The summed E-state index contributed by atoms with van der Waals surface area (Å²) in [5, 5.41) is 12.6. The lowest BCUT2D eigenvalue weighted by atomic mass is 10.2. The minimum Gasteiger partial charge on any atom is -0.497 e. The molecule has 2 rings (SSSR count). The van der Waals surface area contributed by atoms with Crippen molar-refractivity contribution in [1.82, 2.24) is 5.32 Å². The second-order valence-corrected chi connectivity index (χ2v) is 5.17. The first-order chi connectivity index (χ1) is 11.1. The van der Waals surface area contributed by atoms with Crippen LogP contribution in [0.5, 0.6) is 11.5 Å². The third-order valence-corrected chi connectivity index (χ3v) is 3.38. The van der Waals surface area contributed by atoms with E-state index >= 15 is 0 Å². The molecule has 0 saturated heterocycles. The molecule has 122 valence electrons. The van der Waals surface area contributed by atoms with Gasteiger partial charge in [-0.2, -0.15) is 0 Å². The number of rotatable bonds is 7. The van der Waals surface area contributed by atoms with E-state index < -0.39 is 6.10 Å². The van der Waals surface area contributed by atoms with E-state index in [4.69, 9.17) is 9.47 Å². The Balaban J connectivity index is 1.78. The number of aliphatic hydroxyl groups excluding tert-OH is 1. The Morgan fingerprint density at radius 3 is 2.52 bits per heavy atom. The van der Waals surface area contributed by atoms with Gasteiger partial charge in [0.05, 0.1) is 7.11 Å². The fourth-order valence-electron chi connectivity index (χ4n) is 2.02. The summed E-state index contributed by atoms with van der Waals surface area (Å²) in [5.41, 5.74) is 1.51. The predicted octanol–water partition coefficient (Wildman–Crippen LogP) is 2.17. The Hall–Kier alpha value is -2.53. The number of aliphatic hydroxyl groups is 1. The molecule has 0 saturated carbocycles. The average molecular weight is 315 g/mol. The standard InChI is InChI=1S/C18H21NO4/c1-13-5-3-4-6-17(13)23-12-15(20)11-19-18(21)14-7-9-16(22-2)10-8-14/h3-10,15,20H,11-12H2,1-2H3,(H,19,21). The van der Waals surface area contributed by atoms with Crippen molar-refractivity contribution in [2.45, 2.75) is 13.0 Å². The van der Waals surface area contributed by atoms with E-state index in [9.17, 15) is 9.90 Å². The quantitative estimate of drug-likeness (QED) is 0.822. The number of aryl methyl sites for hydroxylation is 1. The van der Waals surface area contributed by atoms with E-state index in [-0.39, 0.29) is 19.1 Å². The highest BCUT2D eigenvalue weighted by Gasteiger charge is 2.10. The number of ether oxygens (including phenoxy) is 2. The topological polar surface area (TPSA) is 67.8 Å². The molecule has 1 amide bonds. The molecule has 2 N–H and O–H groups in total. The molecule has 2 aromatic carbocycles. The maximum absolute atomic E-state index is 12.0. The second-order valence-electron chi connectivity index (χ2n) is 5.17. The van der Waals surface area contributed by atoms with Gasteiger partial charge in [-0.15, -0.1) is 0 Å². The molecule has 5 nitrogen and oxygen atoms in total. The van der Waals surface area contributed by atoms with E-state index in [1.54, 1.807) is 31.4 Å². The van der Waals surface area contributed by atoms with Crippen LogP contribution in [0, 0.1) is 6.92 Å². The second kappa shape index (κ2) is 8.19. The lowest BCUT2D eigenvalue weighted by Gasteiger charge is -2.14. The molecule has 0 aliphatic carbocycles. The Kier molecular flexibility index (Phi) is 6.00. The summed E-state index contributed by atoms with van der Waals surface area (Å²) < 4.78 is 10.6. The first kappa shape index (κ1) is 16.8. The molecule has 2 aromatic rings. The summed E-state index contributed by atoms with van der Waals surface area (Å²) in [5.74, 6) is 1.17. The van der Waals surface area contributed by atoms with Gasteiger partial charge in [-0.1, -0.05) is 18.2 Å². The van der Waals surface area contributed by atoms with Gasteiger partial charge >= 0.3 is 0 Å². The third-order valence-electron chi connectivity index (χ3n) is 3.38. The highest BCUT2D eigenvalue weighted by atomic mass is 16.5. The van der Waals surface area contributed by atoms with Gasteiger partial charge in [0.1, 0.15) is 24.2 Å². The lowest BCUT2D eigenvalue weighted by Crippen LogP contribution is -2.35. The molecule has 0 radical (unpaired) electrons. The number of benzene rings is 2. The summed E-state index contributed by atoms with van der Waals surface area (Å²) in [4.78, 5) is 12.0. The lowest BCUT2D eigenvalue weighted by molar-refractivity contribution is 0.0842. The van der Waals surface area contributed by atoms with Gasteiger partial charge in [-0.05, 0) is 42.8 Å². The van der Waals surface area contributed by atoms with Crippen molar-refractivity contribution in [2.24, 2.45) is 0 Å². The van der Waals surface area contributed by atoms with Gasteiger partial charge in [-0.3, -0.25) is 4.79 Å². The zero-order valence-electron chi connectivity index (χ0n) is 13.3. The number of carbonyl (C=O) groups excluding carboxylic acids is 1. The van der Waals surface area contributed by atoms with E-state index in [0.29, 0.717) is 11.3 Å². The highest BCUT2D eigenvalue weighted by Crippen LogP contribution is 2.16. The van der Waals surface area contributed by atoms with Crippen molar-refractivity contribution in [3.05, 3.63) is 59.7 Å². The van der Waals surface area contributed by atoms with Crippen LogP contribution in [0.1, 0.15) is 15.9 Å². The normalized spacial score (nSPS) is 11.6. The fourth-order valence-corrected chi connectivity index (χ4v) is 2.02. The smallest absolute Gasteiger partial charge is 0.251 e. The maximum atomic E-state index is 12.0. The van der Waals surface area contributed by atoms with Gasteiger partial charge in [0.2, 0.25) is 0 Å². The first-order valence-corrected chi connectivity index (χ1v) is 7.39. The van der Waals surface area contributed by atoms with Gasteiger partial charge in [-0.25, -0.2) is 0 Å². The fraction of sp³-hybridized carbons (Fsp3) is 0.278. The highest BCUT2D eigenvalue weighted by molar-refractivity contribution is 5.94. The van der Waals surface area contributed by atoms with Crippen LogP contribution in [0.15, 0.2) is 48.5 Å². The Morgan fingerprint density at radius 1 is 1.17 bits per heavy atom. The Labute approximate surface area is 135 Å². The van der Waals surface area contributed by atoms with E-state index in [1.807, 2.05) is 31.2 Å². The average Bonchev–Trinajstić information content (AvgIpc) is 2.59. The number of amides is 1. The van der Waals surface area contributed by atoms with Gasteiger partial charge < -0.3 is 19.9 Å². The van der Waals surface area contributed by atoms with Crippen molar-refractivity contribution >= 4 is 5.91 Å². The monoisotopic (exact) mass is 315 g/mol. The maximum Gasteiger partial charge on any atom is 0.251 e. The number of methoxy groups -OCH3 is 1. The van der Waals surface area contributed by atoms with Crippen molar-refractivity contribution < 1.29 is 19.4 Å². The minimum atomic E-state index is -0.781. The Bertz CT molecular complexity index is 640. The van der Waals surface area contributed by atoms with Gasteiger partial charge in [0.15, 0.2) is 0 Å². The molecule has 5 heteroatoms.